The summed E-state index contributed by atoms with van der Waals surface area (Å²) in [5, 5.41) is 2.29. The molecule has 1 aromatic rings. The topological polar surface area (TPSA) is 37.8 Å². The molecule has 0 aromatic carbocycles. The number of anilines is 1. The van der Waals surface area contributed by atoms with Gasteiger partial charge >= 0.3 is 0 Å². The first-order chi connectivity index (χ1) is 6.34. The molecule has 0 amide bonds. The molecule has 0 saturated carbocycles. The molecule has 0 atom stereocenters. The molecule has 10 heavy (non-hydrogen) atoms. The molecule has 0 bridgehead atoms. The number of aryl methyl sites for hydroxylation is 1. The number of hydrogen-bond acceptors (Lipinski definition) is 3. The van der Waals surface area contributed by atoms with Crippen molar-refractivity contribution in [1.29, 1.82) is 0 Å². The zero-order valence-corrected chi connectivity index (χ0v) is 5.61. The Morgan fingerprint density at radius 2 is 2.70 bits per heavy atom. The van der Waals surface area contributed by atoms with Crippen LogP contribution in [0.15, 0.2) is 6.20 Å². The lowest BCUT2D eigenvalue weighted by Gasteiger charge is -1.95. The van der Waals surface area contributed by atoms with E-state index in [0.717, 1.165) is 0 Å². The number of nitrogens with one attached hydrogen (secondary N) is 1. The van der Waals surface area contributed by atoms with Gasteiger partial charge in [-0.1, -0.05) is 0 Å². The first-order valence-electron chi connectivity index (χ1n) is 4.66. The summed E-state index contributed by atoms with van der Waals surface area (Å²) >= 11 is 5.50. The van der Waals surface area contributed by atoms with Gasteiger partial charge in [0.1, 0.15) is 5.82 Å². The second kappa shape index (κ2) is 2.09. The monoisotopic (exact) mass is 159 g/mol. The predicted octanol–water partition coefficient (Wildman–Crippen LogP) is 1.10. The lowest BCUT2D eigenvalue weighted by Crippen LogP contribution is -1.93. The largest absolute Gasteiger partial charge is 0.369 e. The van der Waals surface area contributed by atoms with Gasteiger partial charge < -0.3 is 5.32 Å². The van der Waals surface area contributed by atoms with Crippen molar-refractivity contribution in [2.24, 2.45) is 0 Å². The van der Waals surface area contributed by atoms with Crippen molar-refractivity contribution in [2.75, 3.05) is 11.8 Å². The molecule has 2 heterocycles. The minimum Gasteiger partial charge on any atom is -0.369 e. The maximum Gasteiger partial charge on any atom is 0.224 e. The summed E-state index contributed by atoms with van der Waals surface area (Å²) in [6, 6.07) is 0. The molecule has 3 nitrogen and oxygen atoms in total. The molecule has 2 rings (SSSR count). The summed E-state index contributed by atoms with van der Waals surface area (Å²) in [6.45, 7) is -2.19. The molecule has 0 radical (unpaired) electrons. The van der Waals surface area contributed by atoms with Crippen LogP contribution in [-0.4, -0.2) is 16.5 Å². The van der Waals surface area contributed by atoms with Crippen LogP contribution in [0.1, 0.15) is 11.0 Å². The molecule has 1 aromatic heterocycles. The molecule has 0 aliphatic carbocycles. The van der Waals surface area contributed by atoms with Crippen molar-refractivity contribution in [3.63, 3.8) is 0 Å². The summed E-state index contributed by atoms with van der Waals surface area (Å²) in [5.74, 6) is 0.111. The zero-order chi connectivity index (χ0) is 10.6. The number of nitrogens with zero attached hydrogens (tertiary/aromatic N) is 2. The maximum absolute atomic E-state index is 7.55. The van der Waals surface area contributed by atoms with E-state index in [-0.39, 0.29) is 16.7 Å². The highest BCUT2D eigenvalue weighted by Gasteiger charge is 2.11. The standard InChI is InChI=1S/C6H6ClN3/c7-6-9-3-4-1-2-8-5(4)10-6/h3H,1-2H2,(H,8,9,10)/i1D2,2D2. The molecule has 0 unspecified atom stereocenters. The average Bonchev–Trinajstić information content (AvgIpc) is 2.18. The van der Waals surface area contributed by atoms with Crippen LogP contribution in [0.25, 0.3) is 0 Å². The lowest BCUT2D eigenvalue weighted by molar-refractivity contribution is 1.09. The molecule has 1 aliphatic rings. The molecular weight excluding hydrogens is 150 g/mol. The number of aromatic nitrogens is 2. The van der Waals surface area contributed by atoms with E-state index < -0.39 is 12.9 Å². The van der Waals surface area contributed by atoms with Gasteiger partial charge in [-0.05, 0) is 18.0 Å². The highest BCUT2D eigenvalue weighted by molar-refractivity contribution is 6.28. The van der Waals surface area contributed by atoms with Gasteiger partial charge in [-0.25, -0.2) is 9.97 Å². The molecule has 4 heteroatoms. The Bertz CT molecular complexity index is 395. The number of fused-ring (bicyclic) bond motifs is 1. The van der Waals surface area contributed by atoms with E-state index in [1.165, 1.54) is 6.20 Å². The van der Waals surface area contributed by atoms with Crippen LogP contribution >= 0.6 is 11.6 Å². The first kappa shape index (κ1) is 3.05. The van der Waals surface area contributed by atoms with Crippen molar-refractivity contribution in [1.82, 2.24) is 9.97 Å². The number of halogens is 1. The van der Waals surface area contributed by atoms with E-state index in [2.05, 4.69) is 15.3 Å². The Morgan fingerprint density at radius 3 is 3.60 bits per heavy atom. The lowest BCUT2D eigenvalue weighted by atomic mass is 10.3. The highest BCUT2D eigenvalue weighted by atomic mass is 35.5. The second-order valence-corrected chi connectivity index (χ2v) is 2.11. The van der Waals surface area contributed by atoms with Crippen LogP contribution in [0.2, 0.25) is 5.28 Å². The molecule has 52 valence electrons. The third kappa shape index (κ3) is 0.827. The van der Waals surface area contributed by atoms with Gasteiger partial charge in [-0.2, -0.15) is 0 Å². The van der Waals surface area contributed by atoms with E-state index in [1.807, 2.05) is 0 Å². The second-order valence-electron chi connectivity index (χ2n) is 1.78. The molecule has 0 spiro atoms. The Labute approximate surface area is 69.1 Å². The fourth-order valence-electron chi connectivity index (χ4n) is 0.705. The van der Waals surface area contributed by atoms with Crippen molar-refractivity contribution in [3.8, 4) is 0 Å². The van der Waals surface area contributed by atoms with Gasteiger partial charge in [0.2, 0.25) is 5.28 Å². The van der Waals surface area contributed by atoms with Crippen LogP contribution in [0, 0.1) is 0 Å². The minimum absolute atomic E-state index is 0.0373. The van der Waals surface area contributed by atoms with Crippen molar-refractivity contribution >= 4 is 17.4 Å². The van der Waals surface area contributed by atoms with Crippen molar-refractivity contribution in [2.45, 2.75) is 6.37 Å². The molecule has 0 saturated heterocycles. The van der Waals surface area contributed by atoms with E-state index in [1.54, 1.807) is 0 Å². The SMILES string of the molecule is [2H]C1([2H])Nc2nc(Cl)ncc2C1([2H])[2H]. The summed E-state index contributed by atoms with van der Waals surface area (Å²) < 4.78 is 29.9. The van der Waals surface area contributed by atoms with E-state index >= 15 is 0 Å². The van der Waals surface area contributed by atoms with Gasteiger partial charge in [0, 0.05) is 23.7 Å². The first-order valence-corrected chi connectivity index (χ1v) is 3.03. The van der Waals surface area contributed by atoms with Crippen LogP contribution in [0.3, 0.4) is 0 Å². The van der Waals surface area contributed by atoms with E-state index in [0.29, 0.717) is 0 Å². The summed E-state index contributed by atoms with van der Waals surface area (Å²) in [4.78, 5) is 7.33. The minimum atomic E-state index is -2.19. The van der Waals surface area contributed by atoms with Gasteiger partial charge in [-0.15, -0.1) is 0 Å². The summed E-state index contributed by atoms with van der Waals surface area (Å²) in [6.07, 6.45) is -0.949. The van der Waals surface area contributed by atoms with E-state index in [4.69, 9.17) is 17.1 Å². The van der Waals surface area contributed by atoms with Gasteiger partial charge in [-0.3, -0.25) is 0 Å². The maximum atomic E-state index is 7.55. The molecular formula is C6H6ClN3. The summed E-state index contributed by atoms with van der Waals surface area (Å²) in [5.41, 5.74) is 0.0897. The predicted molar refractivity (Wildman–Crippen MR) is 39.2 cm³/mol. The van der Waals surface area contributed by atoms with Gasteiger partial charge in [0.15, 0.2) is 0 Å². The fourth-order valence-corrected chi connectivity index (χ4v) is 0.838. The van der Waals surface area contributed by atoms with Crippen LogP contribution in [0.5, 0.6) is 0 Å². The fraction of sp³-hybridized carbons (Fsp3) is 0.333. The average molecular weight is 160 g/mol. The Hall–Kier alpha value is -0.830. The smallest absolute Gasteiger partial charge is 0.224 e. The van der Waals surface area contributed by atoms with Crippen LogP contribution in [-0.2, 0) is 6.37 Å². The Balaban J connectivity index is 2.60. The Morgan fingerprint density at radius 1 is 1.80 bits per heavy atom. The van der Waals surface area contributed by atoms with Crippen molar-refractivity contribution in [3.05, 3.63) is 17.0 Å². The van der Waals surface area contributed by atoms with E-state index in [9.17, 15) is 0 Å². The number of rotatable bonds is 0. The molecule has 0 fully saturated rings. The number of hydrogen-bond donors (Lipinski definition) is 1. The van der Waals surface area contributed by atoms with Crippen LogP contribution < -0.4 is 5.32 Å². The quantitative estimate of drug-likeness (QED) is 0.576. The summed E-state index contributed by atoms with van der Waals surface area (Å²) in [7, 11) is 0. The normalized spacial score (nSPS) is 30.5. The molecule has 1 N–H and O–H groups in total. The Kier molecular flexibility index (Phi) is 0.638. The molecule has 1 aliphatic heterocycles. The third-order valence-corrected chi connectivity index (χ3v) is 1.32. The van der Waals surface area contributed by atoms with Crippen molar-refractivity contribution < 1.29 is 5.48 Å². The van der Waals surface area contributed by atoms with Gasteiger partial charge in [0.25, 0.3) is 0 Å². The zero-order valence-electron chi connectivity index (χ0n) is 8.85. The van der Waals surface area contributed by atoms with Crippen LogP contribution in [0.4, 0.5) is 5.82 Å². The van der Waals surface area contributed by atoms with Gasteiger partial charge in [0.05, 0.1) is 0 Å². The third-order valence-electron chi connectivity index (χ3n) is 1.14. The highest BCUT2D eigenvalue weighted by Crippen LogP contribution is 2.18.